The quantitative estimate of drug-likeness (QED) is 0.674. The molecule has 0 aliphatic carbocycles. The number of carbonyl (C=O) groups is 2. The van der Waals surface area contributed by atoms with Gasteiger partial charge in [0.25, 0.3) is 5.91 Å². The molecule has 2 aromatic rings. The summed E-state index contributed by atoms with van der Waals surface area (Å²) in [5, 5.41) is 0. The summed E-state index contributed by atoms with van der Waals surface area (Å²) in [6.45, 7) is -0.298. The number of esters is 1. The third kappa shape index (κ3) is 5.53. The second kappa shape index (κ2) is 8.65. The van der Waals surface area contributed by atoms with E-state index in [-0.39, 0.29) is 23.7 Å². The fourth-order valence-electron chi connectivity index (χ4n) is 2.11. The zero-order valence-corrected chi connectivity index (χ0v) is 15.7. The minimum Gasteiger partial charge on any atom is -0.484 e. The summed E-state index contributed by atoms with van der Waals surface area (Å²) in [6.07, 6.45) is 0. The number of nitrogens with zero attached hydrogens (tertiary/aromatic N) is 1. The number of ether oxygens (including phenoxy) is 2. The van der Waals surface area contributed by atoms with E-state index in [0.29, 0.717) is 11.3 Å². The number of benzene rings is 2. The van der Waals surface area contributed by atoms with Crippen molar-refractivity contribution >= 4 is 21.9 Å². The summed E-state index contributed by atoms with van der Waals surface area (Å²) in [4.78, 5) is 23.0. The number of rotatable bonds is 8. The molecular formula is C18H20N2O6S. The van der Waals surface area contributed by atoms with Crippen LogP contribution in [0.15, 0.2) is 53.4 Å². The molecule has 0 unspecified atom stereocenters. The summed E-state index contributed by atoms with van der Waals surface area (Å²) in [5.74, 6) is -0.838. The molecule has 2 N–H and O–H groups in total. The van der Waals surface area contributed by atoms with Gasteiger partial charge in [-0.05, 0) is 35.9 Å². The Morgan fingerprint density at radius 2 is 1.78 bits per heavy atom. The molecule has 1 amide bonds. The van der Waals surface area contributed by atoms with Crippen molar-refractivity contribution in [3.05, 3.63) is 59.7 Å². The number of primary amides is 1. The van der Waals surface area contributed by atoms with Gasteiger partial charge in [-0.25, -0.2) is 17.5 Å². The first kappa shape index (κ1) is 20.4. The van der Waals surface area contributed by atoms with Crippen LogP contribution in [0.25, 0.3) is 0 Å². The van der Waals surface area contributed by atoms with E-state index in [1.54, 1.807) is 24.3 Å². The van der Waals surface area contributed by atoms with Gasteiger partial charge in [-0.1, -0.05) is 18.2 Å². The van der Waals surface area contributed by atoms with Gasteiger partial charge in [0.05, 0.1) is 10.5 Å². The summed E-state index contributed by atoms with van der Waals surface area (Å²) in [7, 11) is -0.827. The Bertz CT molecular complexity index is 940. The predicted molar refractivity (Wildman–Crippen MR) is 97.6 cm³/mol. The van der Waals surface area contributed by atoms with E-state index in [4.69, 9.17) is 15.2 Å². The normalized spacial score (nSPS) is 11.2. The fourth-order valence-corrected chi connectivity index (χ4v) is 3.05. The van der Waals surface area contributed by atoms with Crippen LogP contribution in [0.4, 0.5) is 0 Å². The van der Waals surface area contributed by atoms with E-state index >= 15 is 0 Å². The van der Waals surface area contributed by atoms with Gasteiger partial charge in [0.1, 0.15) is 12.4 Å². The summed E-state index contributed by atoms with van der Waals surface area (Å²) in [5.41, 5.74) is 5.79. The Hall–Kier alpha value is -2.91. The number of carbonyl (C=O) groups excluding carboxylic acids is 2. The molecule has 0 spiro atoms. The fraction of sp³-hybridized carbons (Fsp3) is 0.222. The first-order chi connectivity index (χ1) is 12.7. The Morgan fingerprint density at radius 3 is 2.44 bits per heavy atom. The van der Waals surface area contributed by atoms with E-state index in [2.05, 4.69) is 0 Å². The number of nitrogens with two attached hydrogens (primary N) is 1. The standard InChI is InChI=1S/C18H20N2O6S/c1-20(2)27(23,24)16-8-4-6-14(10-16)18(22)26-11-13-5-3-7-15(9-13)25-12-17(19)21/h3-10H,11-12H2,1-2H3,(H2,19,21). The average Bonchev–Trinajstić information content (AvgIpc) is 2.64. The molecule has 0 aromatic heterocycles. The molecule has 9 heteroatoms. The van der Waals surface area contributed by atoms with E-state index in [1.165, 1.54) is 38.4 Å². The van der Waals surface area contributed by atoms with E-state index in [9.17, 15) is 18.0 Å². The summed E-state index contributed by atoms with van der Waals surface area (Å²) >= 11 is 0. The molecule has 0 heterocycles. The first-order valence-corrected chi connectivity index (χ1v) is 9.34. The highest BCUT2D eigenvalue weighted by Gasteiger charge is 2.19. The molecule has 2 rings (SSSR count). The highest BCUT2D eigenvalue weighted by Crippen LogP contribution is 2.17. The van der Waals surface area contributed by atoms with Gasteiger partial charge in [0.15, 0.2) is 6.61 Å². The molecule has 144 valence electrons. The van der Waals surface area contributed by atoms with Gasteiger partial charge < -0.3 is 15.2 Å². The zero-order chi connectivity index (χ0) is 20.0. The summed E-state index contributed by atoms with van der Waals surface area (Å²) < 4.78 is 35.8. The maximum absolute atomic E-state index is 12.2. The van der Waals surface area contributed by atoms with Crippen LogP contribution in [0.1, 0.15) is 15.9 Å². The molecule has 8 nitrogen and oxygen atoms in total. The minimum absolute atomic E-state index is 0.00352. The Labute approximate surface area is 157 Å². The van der Waals surface area contributed by atoms with Crippen LogP contribution >= 0.6 is 0 Å². The van der Waals surface area contributed by atoms with Gasteiger partial charge in [0.2, 0.25) is 10.0 Å². The minimum atomic E-state index is -3.65. The average molecular weight is 392 g/mol. The topological polar surface area (TPSA) is 116 Å². The van der Waals surface area contributed by atoms with Crippen LogP contribution in [-0.4, -0.2) is 45.3 Å². The maximum atomic E-state index is 12.2. The molecule has 0 saturated heterocycles. The van der Waals surface area contributed by atoms with Crippen molar-refractivity contribution in [2.75, 3.05) is 20.7 Å². The smallest absolute Gasteiger partial charge is 0.338 e. The Kier molecular flexibility index (Phi) is 6.54. The second-order valence-corrected chi connectivity index (χ2v) is 7.95. The molecule has 0 aliphatic rings. The monoisotopic (exact) mass is 392 g/mol. The van der Waals surface area contributed by atoms with Crippen LogP contribution in [0.3, 0.4) is 0 Å². The lowest BCUT2D eigenvalue weighted by molar-refractivity contribution is -0.119. The third-order valence-electron chi connectivity index (χ3n) is 3.50. The van der Waals surface area contributed by atoms with Crippen LogP contribution in [0.5, 0.6) is 5.75 Å². The van der Waals surface area contributed by atoms with Crippen molar-refractivity contribution < 1.29 is 27.5 Å². The van der Waals surface area contributed by atoms with E-state index < -0.39 is 21.9 Å². The molecule has 0 fully saturated rings. The molecule has 0 aliphatic heterocycles. The SMILES string of the molecule is CN(C)S(=O)(=O)c1cccc(C(=O)OCc2cccc(OCC(N)=O)c2)c1. The summed E-state index contributed by atoms with van der Waals surface area (Å²) in [6, 6.07) is 12.3. The molecular weight excluding hydrogens is 372 g/mol. The number of hydrogen-bond acceptors (Lipinski definition) is 6. The van der Waals surface area contributed by atoms with E-state index in [1.807, 2.05) is 0 Å². The van der Waals surface area contributed by atoms with Gasteiger partial charge in [-0.15, -0.1) is 0 Å². The predicted octanol–water partition coefficient (Wildman–Crippen LogP) is 1.16. The highest BCUT2D eigenvalue weighted by molar-refractivity contribution is 7.89. The van der Waals surface area contributed by atoms with Crippen LogP contribution in [0, 0.1) is 0 Å². The van der Waals surface area contributed by atoms with Gasteiger partial charge in [-0.3, -0.25) is 4.79 Å². The van der Waals surface area contributed by atoms with Crippen molar-refractivity contribution in [2.45, 2.75) is 11.5 Å². The van der Waals surface area contributed by atoms with Crippen LogP contribution < -0.4 is 10.5 Å². The van der Waals surface area contributed by atoms with Crippen molar-refractivity contribution in [1.82, 2.24) is 4.31 Å². The molecule has 2 aromatic carbocycles. The Morgan fingerprint density at radius 1 is 1.07 bits per heavy atom. The molecule has 0 radical (unpaired) electrons. The van der Waals surface area contributed by atoms with Gasteiger partial charge >= 0.3 is 5.97 Å². The van der Waals surface area contributed by atoms with E-state index in [0.717, 1.165) is 4.31 Å². The van der Waals surface area contributed by atoms with Crippen molar-refractivity contribution in [3.8, 4) is 5.75 Å². The van der Waals surface area contributed by atoms with Crippen LogP contribution in [0.2, 0.25) is 0 Å². The highest BCUT2D eigenvalue weighted by atomic mass is 32.2. The second-order valence-electron chi connectivity index (χ2n) is 5.79. The number of amides is 1. The van der Waals surface area contributed by atoms with Crippen molar-refractivity contribution in [1.29, 1.82) is 0 Å². The van der Waals surface area contributed by atoms with Crippen molar-refractivity contribution in [2.24, 2.45) is 5.73 Å². The zero-order valence-electron chi connectivity index (χ0n) is 14.9. The van der Waals surface area contributed by atoms with Crippen molar-refractivity contribution in [3.63, 3.8) is 0 Å². The first-order valence-electron chi connectivity index (χ1n) is 7.90. The largest absolute Gasteiger partial charge is 0.484 e. The lowest BCUT2D eigenvalue weighted by atomic mass is 10.2. The van der Waals surface area contributed by atoms with Gasteiger partial charge in [-0.2, -0.15) is 0 Å². The van der Waals surface area contributed by atoms with Gasteiger partial charge in [0, 0.05) is 14.1 Å². The molecule has 0 atom stereocenters. The Balaban J connectivity index is 2.06. The van der Waals surface area contributed by atoms with Crippen LogP contribution in [-0.2, 0) is 26.2 Å². The maximum Gasteiger partial charge on any atom is 0.338 e. The lowest BCUT2D eigenvalue weighted by Gasteiger charge is -2.12. The number of hydrogen-bond donors (Lipinski definition) is 1. The molecule has 0 saturated carbocycles. The lowest BCUT2D eigenvalue weighted by Crippen LogP contribution is -2.22. The molecule has 0 bridgehead atoms. The number of sulfonamides is 1. The molecule has 27 heavy (non-hydrogen) atoms. The third-order valence-corrected chi connectivity index (χ3v) is 5.31.